The maximum absolute atomic E-state index is 12.6. The second kappa shape index (κ2) is 11.2. The Morgan fingerprint density at radius 2 is 1.30 bits per heavy atom. The highest BCUT2D eigenvalue weighted by molar-refractivity contribution is 5.95. The number of rotatable bonds is 11. The number of esters is 1. The maximum atomic E-state index is 12.6. The normalized spacial score (nSPS) is 11.8. The van der Waals surface area contributed by atoms with E-state index in [1.54, 1.807) is 0 Å². The molecule has 33 heavy (non-hydrogen) atoms. The van der Waals surface area contributed by atoms with Crippen LogP contribution in [0.2, 0.25) is 0 Å². The summed E-state index contributed by atoms with van der Waals surface area (Å²) in [6.07, 6.45) is -3.60. The van der Waals surface area contributed by atoms with Gasteiger partial charge in [0.15, 0.2) is 6.29 Å². The quantitative estimate of drug-likeness (QED) is 0.207. The van der Waals surface area contributed by atoms with Gasteiger partial charge in [-0.15, -0.1) is 0 Å². The molecule has 0 aromatic heterocycles. The zero-order valence-corrected chi connectivity index (χ0v) is 17.2. The Morgan fingerprint density at radius 1 is 0.758 bits per heavy atom. The molecule has 0 radical (unpaired) electrons. The van der Waals surface area contributed by atoms with Gasteiger partial charge >= 0.3 is 23.9 Å². The highest BCUT2D eigenvalue weighted by Crippen LogP contribution is 2.20. The number of aromatic carboxylic acids is 3. The minimum absolute atomic E-state index is 0.0215. The summed E-state index contributed by atoms with van der Waals surface area (Å²) in [5.41, 5.74) is -0.490. The Balaban J connectivity index is 2.23. The topological polar surface area (TPSA) is 199 Å². The lowest BCUT2D eigenvalue weighted by Crippen LogP contribution is -2.22. The predicted molar refractivity (Wildman–Crippen MR) is 110 cm³/mol. The average Bonchev–Trinajstić information content (AvgIpc) is 2.72. The van der Waals surface area contributed by atoms with Crippen LogP contribution in [0.15, 0.2) is 36.4 Å². The van der Waals surface area contributed by atoms with Crippen molar-refractivity contribution in [1.82, 2.24) is 0 Å². The van der Waals surface area contributed by atoms with Crippen LogP contribution in [-0.4, -0.2) is 67.1 Å². The van der Waals surface area contributed by atoms with Crippen molar-refractivity contribution in [2.24, 2.45) is 0 Å². The van der Waals surface area contributed by atoms with Gasteiger partial charge in [-0.1, -0.05) is 0 Å². The number of aliphatic hydroxyl groups excluding tert-OH is 2. The molecule has 0 saturated carbocycles. The van der Waals surface area contributed by atoms with Crippen LogP contribution in [0.5, 0.6) is 0 Å². The molecule has 0 saturated heterocycles. The second-order valence-corrected chi connectivity index (χ2v) is 7.10. The van der Waals surface area contributed by atoms with Crippen LogP contribution >= 0.6 is 0 Å². The van der Waals surface area contributed by atoms with E-state index < -0.39 is 42.9 Å². The number of hydrogen-bond donors (Lipinski definition) is 6. The summed E-state index contributed by atoms with van der Waals surface area (Å²) in [6.45, 7) is 0. The molecule has 0 amide bonds. The van der Waals surface area contributed by atoms with Gasteiger partial charge in [0.1, 0.15) is 0 Å². The number of ether oxygens (including phenoxy) is 1. The summed E-state index contributed by atoms with van der Waals surface area (Å²) in [5.74, 6) is -4.93. The fourth-order valence-corrected chi connectivity index (χ4v) is 3.13. The highest BCUT2D eigenvalue weighted by atomic mass is 16.6. The molecule has 2 rings (SSSR count). The molecule has 0 fully saturated rings. The van der Waals surface area contributed by atoms with Crippen molar-refractivity contribution in [1.29, 1.82) is 0 Å². The largest absolute Gasteiger partial charge is 0.478 e. The third kappa shape index (κ3) is 7.10. The Morgan fingerprint density at radius 3 is 1.82 bits per heavy atom. The molecule has 0 heterocycles. The van der Waals surface area contributed by atoms with Gasteiger partial charge in [0.05, 0.1) is 22.3 Å². The number of carbonyl (C=O) groups is 4. The van der Waals surface area contributed by atoms with Gasteiger partial charge in [-0.05, 0) is 66.8 Å². The molecule has 1 atom stereocenters. The van der Waals surface area contributed by atoms with Crippen molar-refractivity contribution < 1.29 is 54.6 Å². The summed E-state index contributed by atoms with van der Waals surface area (Å²) in [4.78, 5) is 46.4. The van der Waals surface area contributed by atoms with Gasteiger partial charge in [-0.3, -0.25) is 0 Å². The standard InChI is InChI=1S/C22H22O11/c23-17(24)3-1-2-11-8-12(19(26)27)5-7-16(11)22(32)33-18(25)10-14-9-13(20(28)29)4-6-15(14)21(30)31/h4-9,17-18,23-25H,1-3,10H2,(H,26,27)(H,28,29)(H,30,31). The molecular weight excluding hydrogens is 440 g/mol. The van der Waals surface area contributed by atoms with Crippen LogP contribution < -0.4 is 0 Å². The molecule has 2 aromatic carbocycles. The Kier molecular flexibility index (Phi) is 8.63. The fraction of sp³-hybridized carbons (Fsp3) is 0.273. The summed E-state index contributed by atoms with van der Waals surface area (Å²) < 4.78 is 4.97. The van der Waals surface area contributed by atoms with E-state index in [-0.39, 0.29) is 52.6 Å². The summed E-state index contributed by atoms with van der Waals surface area (Å²) in [7, 11) is 0. The summed E-state index contributed by atoms with van der Waals surface area (Å²) in [6, 6.07) is 6.79. The Labute approximate surface area is 187 Å². The minimum atomic E-state index is -1.83. The molecular formula is C22H22O11. The first-order valence-corrected chi connectivity index (χ1v) is 9.70. The number of aliphatic hydroxyl groups is 3. The van der Waals surface area contributed by atoms with E-state index in [0.717, 1.165) is 24.3 Å². The van der Waals surface area contributed by atoms with Crippen LogP contribution in [0.4, 0.5) is 0 Å². The van der Waals surface area contributed by atoms with E-state index in [1.807, 2.05) is 0 Å². The van der Waals surface area contributed by atoms with Crippen LogP contribution in [0, 0.1) is 0 Å². The fourth-order valence-electron chi connectivity index (χ4n) is 3.13. The number of carboxylic acids is 3. The molecule has 1 unspecified atom stereocenters. The molecule has 176 valence electrons. The Bertz CT molecular complexity index is 1060. The van der Waals surface area contributed by atoms with Crippen LogP contribution in [0.25, 0.3) is 0 Å². The number of carbonyl (C=O) groups excluding carboxylic acids is 1. The van der Waals surface area contributed by atoms with E-state index in [1.165, 1.54) is 12.1 Å². The first-order chi connectivity index (χ1) is 15.5. The molecule has 0 aliphatic heterocycles. The zero-order valence-electron chi connectivity index (χ0n) is 17.2. The molecule has 2 aromatic rings. The number of carboxylic acid groups (broad SMARTS) is 3. The van der Waals surface area contributed by atoms with Crippen molar-refractivity contribution in [3.8, 4) is 0 Å². The maximum Gasteiger partial charge on any atom is 0.340 e. The van der Waals surface area contributed by atoms with Crippen molar-refractivity contribution in [3.05, 3.63) is 69.8 Å². The van der Waals surface area contributed by atoms with Gasteiger partial charge in [0.2, 0.25) is 6.29 Å². The molecule has 6 N–H and O–H groups in total. The zero-order chi connectivity index (χ0) is 24.7. The lowest BCUT2D eigenvalue weighted by molar-refractivity contribution is -0.0634. The smallest absolute Gasteiger partial charge is 0.340 e. The third-order valence-electron chi connectivity index (χ3n) is 4.70. The van der Waals surface area contributed by atoms with Crippen molar-refractivity contribution in [2.45, 2.75) is 38.3 Å². The Hall–Kier alpha value is -3.80. The first kappa shape index (κ1) is 25.5. The van der Waals surface area contributed by atoms with E-state index in [9.17, 15) is 29.4 Å². The lowest BCUT2D eigenvalue weighted by Gasteiger charge is -2.16. The summed E-state index contributed by atoms with van der Waals surface area (Å²) in [5, 5.41) is 55.7. The molecule has 0 spiro atoms. The molecule has 0 bridgehead atoms. The van der Waals surface area contributed by atoms with E-state index in [2.05, 4.69) is 0 Å². The van der Waals surface area contributed by atoms with Gasteiger partial charge < -0.3 is 35.4 Å². The van der Waals surface area contributed by atoms with Crippen molar-refractivity contribution in [2.75, 3.05) is 0 Å². The van der Waals surface area contributed by atoms with Crippen molar-refractivity contribution >= 4 is 23.9 Å². The van der Waals surface area contributed by atoms with E-state index in [4.69, 9.17) is 25.2 Å². The number of aryl methyl sites for hydroxylation is 1. The van der Waals surface area contributed by atoms with E-state index in [0.29, 0.717) is 0 Å². The molecule has 11 nitrogen and oxygen atoms in total. The SMILES string of the molecule is O=C(O)c1ccc(C(=O)O)c(CC(O)OC(=O)c2ccc(C(=O)O)cc2CCCC(O)O)c1. The molecule has 0 aliphatic rings. The first-order valence-electron chi connectivity index (χ1n) is 9.70. The number of benzene rings is 2. The van der Waals surface area contributed by atoms with Gasteiger partial charge in [-0.25, -0.2) is 19.2 Å². The summed E-state index contributed by atoms with van der Waals surface area (Å²) >= 11 is 0. The second-order valence-electron chi connectivity index (χ2n) is 7.10. The monoisotopic (exact) mass is 462 g/mol. The third-order valence-corrected chi connectivity index (χ3v) is 4.70. The molecule has 11 heteroatoms. The average molecular weight is 462 g/mol. The van der Waals surface area contributed by atoms with Gasteiger partial charge in [0, 0.05) is 6.42 Å². The van der Waals surface area contributed by atoms with Crippen LogP contribution in [0.3, 0.4) is 0 Å². The lowest BCUT2D eigenvalue weighted by atomic mass is 9.98. The van der Waals surface area contributed by atoms with Gasteiger partial charge in [-0.2, -0.15) is 0 Å². The minimum Gasteiger partial charge on any atom is -0.478 e. The highest BCUT2D eigenvalue weighted by Gasteiger charge is 2.22. The van der Waals surface area contributed by atoms with Gasteiger partial charge in [0.25, 0.3) is 0 Å². The van der Waals surface area contributed by atoms with Crippen LogP contribution in [0.1, 0.15) is 65.4 Å². The van der Waals surface area contributed by atoms with Crippen molar-refractivity contribution in [3.63, 3.8) is 0 Å². The molecule has 0 aliphatic carbocycles. The number of hydrogen-bond acceptors (Lipinski definition) is 8. The predicted octanol–water partition coefficient (Wildman–Crippen LogP) is 1.13. The van der Waals surface area contributed by atoms with Crippen LogP contribution in [-0.2, 0) is 17.6 Å². The van der Waals surface area contributed by atoms with E-state index >= 15 is 0 Å².